The second kappa shape index (κ2) is 6.19. The van der Waals surface area contributed by atoms with Crippen LogP contribution in [0.3, 0.4) is 0 Å². The van der Waals surface area contributed by atoms with Crippen LogP contribution in [0.5, 0.6) is 0 Å². The number of rotatable bonds is 5. The molecule has 0 atom stereocenters. The van der Waals surface area contributed by atoms with Gasteiger partial charge >= 0.3 is 0 Å². The highest BCUT2D eigenvalue weighted by Gasteiger charge is 2.25. The van der Waals surface area contributed by atoms with Gasteiger partial charge in [0.25, 0.3) is 20.2 Å². The van der Waals surface area contributed by atoms with E-state index >= 15 is 0 Å². The molecule has 2 N–H and O–H groups in total. The van der Waals surface area contributed by atoms with Gasteiger partial charge in [-0.25, -0.2) is 8.42 Å². The summed E-state index contributed by atoms with van der Waals surface area (Å²) < 4.78 is 49.0. The molecule has 0 spiro atoms. The fraction of sp³-hybridized carbons (Fsp3) is 0.455. The summed E-state index contributed by atoms with van der Waals surface area (Å²) >= 11 is 0. The molecule has 0 unspecified atom stereocenters. The topological polar surface area (TPSA) is 95.6 Å². The molecule has 20 heavy (non-hydrogen) atoms. The zero-order chi connectivity index (χ0) is 14.6. The summed E-state index contributed by atoms with van der Waals surface area (Å²) in [5, 5.41) is 0. The maximum atomic E-state index is 12.0. The number of piperidine rings is 1. The molecule has 0 radical (unpaired) electrons. The van der Waals surface area contributed by atoms with Crippen LogP contribution in [-0.2, 0) is 20.2 Å². The molecular formula is C11H17N3O4S2. The first kappa shape index (κ1) is 15.4. The Hall–Kier alpha value is -1.00. The lowest BCUT2D eigenvalue weighted by Crippen LogP contribution is -2.50. The van der Waals surface area contributed by atoms with E-state index in [1.807, 2.05) is 9.66 Å². The van der Waals surface area contributed by atoms with E-state index in [0.717, 1.165) is 19.3 Å². The standard InChI is InChI=1S/C11H17N3O4S2/c15-19(16,11-7-3-1-4-8-11)12-13-20(17,18)14-9-5-2-6-10-14/h1,3-4,7-8,12-13H,2,5-6,9-10H2. The van der Waals surface area contributed by atoms with E-state index in [1.54, 1.807) is 18.2 Å². The van der Waals surface area contributed by atoms with E-state index in [1.165, 1.54) is 16.4 Å². The van der Waals surface area contributed by atoms with E-state index in [9.17, 15) is 16.8 Å². The molecule has 1 aliphatic rings. The third-order valence-corrected chi connectivity index (χ3v) is 5.81. The second-order valence-electron chi connectivity index (χ2n) is 4.49. The van der Waals surface area contributed by atoms with Crippen LogP contribution < -0.4 is 9.66 Å². The van der Waals surface area contributed by atoms with Gasteiger partial charge in [-0.3, -0.25) is 0 Å². The summed E-state index contributed by atoms with van der Waals surface area (Å²) in [6, 6.07) is 7.58. The minimum absolute atomic E-state index is 0.00124. The van der Waals surface area contributed by atoms with Gasteiger partial charge in [-0.2, -0.15) is 12.7 Å². The number of hydrogen-bond donors (Lipinski definition) is 2. The quantitative estimate of drug-likeness (QED) is 0.758. The molecule has 1 heterocycles. The number of sulfonamides is 1. The van der Waals surface area contributed by atoms with E-state index < -0.39 is 20.2 Å². The largest absolute Gasteiger partial charge is 0.293 e. The van der Waals surface area contributed by atoms with Crippen molar-refractivity contribution >= 4 is 20.2 Å². The predicted molar refractivity (Wildman–Crippen MR) is 74.2 cm³/mol. The Labute approximate surface area is 119 Å². The van der Waals surface area contributed by atoms with Crippen LogP contribution in [0, 0.1) is 0 Å². The van der Waals surface area contributed by atoms with Gasteiger partial charge in [0, 0.05) is 13.1 Å². The normalized spacial score (nSPS) is 18.0. The Morgan fingerprint density at radius 1 is 0.850 bits per heavy atom. The van der Waals surface area contributed by atoms with Gasteiger partial charge in [0.2, 0.25) is 0 Å². The highest BCUT2D eigenvalue weighted by Crippen LogP contribution is 2.12. The number of hydrazine groups is 1. The molecule has 0 bridgehead atoms. The lowest BCUT2D eigenvalue weighted by molar-refractivity contribution is 0.340. The summed E-state index contributed by atoms with van der Waals surface area (Å²) in [6.07, 6.45) is 2.56. The summed E-state index contributed by atoms with van der Waals surface area (Å²) in [5.74, 6) is 0. The van der Waals surface area contributed by atoms with Crippen molar-refractivity contribution in [2.24, 2.45) is 0 Å². The summed E-state index contributed by atoms with van der Waals surface area (Å²) in [4.78, 5) is 3.83. The van der Waals surface area contributed by atoms with Crippen molar-refractivity contribution in [2.75, 3.05) is 13.1 Å². The third kappa shape index (κ3) is 3.76. The molecule has 1 aromatic carbocycles. The van der Waals surface area contributed by atoms with Gasteiger partial charge in [0.05, 0.1) is 4.90 Å². The molecule has 112 valence electrons. The minimum atomic E-state index is -3.90. The van der Waals surface area contributed by atoms with Crippen molar-refractivity contribution in [3.05, 3.63) is 30.3 Å². The summed E-state index contributed by atoms with van der Waals surface area (Å²) in [7, 11) is -7.73. The molecule has 0 aliphatic carbocycles. The zero-order valence-corrected chi connectivity index (χ0v) is 12.5. The van der Waals surface area contributed by atoms with Crippen molar-refractivity contribution in [1.82, 2.24) is 14.0 Å². The Morgan fingerprint density at radius 2 is 1.45 bits per heavy atom. The van der Waals surface area contributed by atoms with Crippen molar-refractivity contribution in [3.8, 4) is 0 Å². The Kier molecular flexibility index (Phi) is 4.76. The number of nitrogens with one attached hydrogen (secondary N) is 2. The van der Waals surface area contributed by atoms with Gasteiger partial charge in [-0.1, -0.05) is 24.6 Å². The summed E-state index contributed by atoms with van der Waals surface area (Å²) in [6.45, 7) is 0.810. The van der Waals surface area contributed by atoms with Crippen LogP contribution in [0.2, 0.25) is 0 Å². The monoisotopic (exact) mass is 319 g/mol. The fourth-order valence-electron chi connectivity index (χ4n) is 1.94. The second-order valence-corrected chi connectivity index (χ2v) is 7.84. The fourth-order valence-corrected chi connectivity index (χ4v) is 4.30. The smallest absolute Gasteiger partial charge is 0.206 e. The predicted octanol–water partition coefficient (Wildman–Crippen LogP) is 0.200. The van der Waals surface area contributed by atoms with Gasteiger partial charge in [0.1, 0.15) is 0 Å². The highest BCUT2D eigenvalue weighted by atomic mass is 32.2. The molecule has 7 nitrogen and oxygen atoms in total. The lowest BCUT2D eigenvalue weighted by Gasteiger charge is -2.25. The molecule has 0 saturated carbocycles. The van der Waals surface area contributed by atoms with Crippen LogP contribution in [0.15, 0.2) is 35.2 Å². The third-order valence-electron chi connectivity index (χ3n) is 3.01. The van der Waals surface area contributed by atoms with Gasteiger partial charge in [-0.05, 0) is 25.0 Å². The van der Waals surface area contributed by atoms with Crippen molar-refractivity contribution in [1.29, 1.82) is 0 Å². The van der Waals surface area contributed by atoms with Crippen LogP contribution in [0.4, 0.5) is 0 Å². The number of nitrogens with zero attached hydrogens (tertiary/aromatic N) is 1. The minimum Gasteiger partial charge on any atom is -0.206 e. The van der Waals surface area contributed by atoms with Crippen LogP contribution in [0.25, 0.3) is 0 Å². The van der Waals surface area contributed by atoms with E-state index in [-0.39, 0.29) is 4.90 Å². The molecule has 0 aromatic heterocycles. The van der Waals surface area contributed by atoms with E-state index in [4.69, 9.17) is 0 Å². The average molecular weight is 319 g/mol. The van der Waals surface area contributed by atoms with Crippen LogP contribution in [0.1, 0.15) is 19.3 Å². The number of benzene rings is 1. The molecule has 1 saturated heterocycles. The Bertz CT molecular complexity index is 638. The molecule has 9 heteroatoms. The van der Waals surface area contributed by atoms with E-state index in [0.29, 0.717) is 13.1 Å². The van der Waals surface area contributed by atoms with Crippen molar-refractivity contribution < 1.29 is 16.8 Å². The average Bonchev–Trinajstić information content (AvgIpc) is 2.47. The van der Waals surface area contributed by atoms with Gasteiger partial charge in [-0.15, -0.1) is 9.66 Å². The molecule has 1 fully saturated rings. The maximum Gasteiger partial charge on any atom is 0.293 e. The van der Waals surface area contributed by atoms with Crippen molar-refractivity contribution in [3.63, 3.8) is 0 Å². The van der Waals surface area contributed by atoms with Gasteiger partial charge in [0.15, 0.2) is 0 Å². The summed E-state index contributed by atoms with van der Waals surface area (Å²) in [5.41, 5.74) is 0. The lowest BCUT2D eigenvalue weighted by atomic mass is 10.2. The molecule has 1 aromatic rings. The molecule has 2 rings (SSSR count). The highest BCUT2D eigenvalue weighted by molar-refractivity contribution is 7.91. The first-order chi connectivity index (χ1) is 9.42. The molecular weight excluding hydrogens is 302 g/mol. The zero-order valence-electron chi connectivity index (χ0n) is 10.8. The molecule has 0 amide bonds. The number of hydrogen-bond acceptors (Lipinski definition) is 4. The Morgan fingerprint density at radius 3 is 2.05 bits per heavy atom. The maximum absolute atomic E-state index is 12.0. The molecule has 1 aliphatic heterocycles. The van der Waals surface area contributed by atoms with Crippen LogP contribution >= 0.6 is 0 Å². The Balaban J connectivity index is 2.04. The first-order valence-corrected chi connectivity index (χ1v) is 9.18. The van der Waals surface area contributed by atoms with Gasteiger partial charge < -0.3 is 0 Å². The van der Waals surface area contributed by atoms with Crippen molar-refractivity contribution in [2.45, 2.75) is 24.2 Å². The van der Waals surface area contributed by atoms with Crippen LogP contribution in [-0.4, -0.2) is 34.2 Å². The first-order valence-electron chi connectivity index (χ1n) is 6.25. The van der Waals surface area contributed by atoms with E-state index in [2.05, 4.69) is 0 Å². The SMILES string of the molecule is O=S(=O)(NNS(=O)(=O)N1CCCCC1)c1ccccc1.